The summed E-state index contributed by atoms with van der Waals surface area (Å²) in [5, 5.41) is 5.06. The zero-order valence-corrected chi connectivity index (χ0v) is 14.8. The maximum Gasteiger partial charge on any atom is 0.119 e. The Kier molecular flexibility index (Phi) is 3.61. The van der Waals surface area contributed by atoms with E-state index in [-0.39, 0.29) is 6.04 Å². The van der Waals surface area contributed by atoms with E-state index in [1.165, 1.54) is 44.4 Å². The highest BCUT2D eigenvalue weighted by Crippen LogP contribution is 2.36. The van der Waals surface area contributed by atoms with E-state index in [1.807, 2.05) is 0 Å². The third kappa shape index (κ3) is 2.40. The van der Waals surface area contributed by atoms with Crippen LogP contribution in [0.2, 0.25) is 0 Å². The number of hydrogen-bond donors (Lipinski definition) is 2. The van der Waals surface area contributed by atoms with E-state index < -0.39 is 0 Å². The van der Waals surface area contributed by atoms with E-state index >= 15 is 0 Å². The van der Waals surface area contributed by atoms with Crippen molar-refractivity contribution in [3.63, 3.8) is 0 Å². The first-order chi connectivity index (χ1) is 11.6. The van der Waals surface area contributed by atoms with Crippen LogP contribution in [0.15, 0.2) is 30.3 Å². The summed E-state index contributed by atoms with van der Waals surface area (Å²) in [4.78, 5) is 3.71. The smallest absolute Gasteiger partial charge is 0.119 e. The van der Waals surface area contributed by atoms with E-state index in [2.05, 4.69) is 61.4 Å². The molecular formula is C21H24N2O. The molecule has 0 spiro atoms. The van der Waals surface area contributed by atoms with Crippen LogP contribution in [0.5, 0.6) is 5.75 Å². The van der Waals surface area contributed by atoms with Gasteiger partial charge >= 0.3 is 0 Å². The van der Waals surface area contributed by atoms with Gasteiger partial charge in [-0.3, -0.25) is 0 Å². The second kappa shape index (κ2) is 5.67. The van der Waals surface area contributed by atoms with Gasteiger partial charge in [0, 0.05) is 23.1 Å². The van der Waals surface area contributed by atoms with Crippen molar-refractivity contribution in [1.82, 2.24) is 10.3 Å². The zero-order valence-electron chi connectivity index (χ0n) is 14.8. The van der Waals surface area contributed by atoms with Crippen LogP contribution in [0.4, 0.5) is 0 Å². The predicted octanol–water partition coefficient (Wildman–Crippen LogP) is 4.34. The van der Waals surface area contributed by atoms with Gasteiger partial charge in [-0.1, -0.05) is 17.7 Å². The molecule has 2 heterocycles. The minimum absolute atomic E-state index is 0.189. The molecule has 124 valence electrons. The molecule has 1 unspecified atom stereocenters. The molecule has 0 fully saturated rings. The SMILES string of the molecule is COc1cc(C)cc(C2NCCc3c2[nH]c2c(C)cc(C)cc32)c1. The number of ether oxygens (including phenoxy) is 1. The molecule has 0 saturated carbocycles. The largest absolute Gasteiger partial charge is 0.497 e. The van der Waals surface area contributed by atoms with Crippen LogP contribution in [0, 0.1) is 20.8 Å². The van der Waals surface area contributed by atoms with Crippen molar-refractivity contribution < 1.29 is 4.74 Å². The van der Waals surface area contributed by atoms with Crippen LogP contribution in [0.25, 0.3) is 10.9 Å². The molecule has 0 aliphatic carbocycles. The maximum absolute atomic E-state index is 5.47. The normalized spacial score (nSPS) is 17.1. The van der Waals surface area contributed by atoms with Crippen LogP contribution in [-0.4, -0.2) is 18.6 Å². The first-order valence-electron chi connectivity index (χ1n) is 8.57. The van der Waals surface area contributed by atoms with E-state index in [1.54, 1.807) is 7.11 Å². The highest BCUT2D eigenvalue weighted by atomic mass is 16.5. The lowest BCUT2D eigenvalue weighted by atomic mass is 9.93. The lowest BCUT2D eigenvalue weighted by Gasteiger charge is -2.25. The van der Waals surface area contributed by atoms with Crippen molar-refractivity contribution in [3.05, 3.63) is 63.8 Å². The average Bonchev–Trinajstić information content (AvgIpc) is 2.93. The Hall–Kier alpha value is -2.26. The molecule has 24 heavy (non-hydrogen) atoms. The topological polar surface area (TPSA) is 37.0 Å². The highest BCUT2D eigenvalue weighted by molar-refractivity contribution is 5.88. The summed E-state index contributed by atoms with van der Waals surface area (Å²) in [6, 6.07) is 11.2. The van der Waals surface area contributed by atoms with Crippen molar-refractivity contribution >= 4 is 10.9 Å². The van der Waals surface area contributed by atoms with E-state index in [4.69, 9.17) is 4.74 Å². The fourth-order valence-electron chi connectivity index (χ4n) is 4.03. The van der Waals surface area contributed by atoms with Crippen LogP contribution in [0.3, 0.4) is 0 Å². The highest BCUT2D eigenvalue weighted by Gasteiger charge is 2.26. The van der Waals surface area contributed by atoms with Crippen molar-refractivity contribution in [1.29, 1.82) is 0 Å². The van der Waals surface area contributed by atoms with Gasteiger partial charge in [-0.2, -0.15) is 0 Å². The van der Waals surface area contributed by atoms with Crippen molar-refractivity contribution in [2.45, 2.75) is 33.2 Å². The second-order valence-electron chi connectivity index (χ2n) is 6.94. The summed E-state index contributed by atoms with van der Waals surface area (Å²) >= 11 is 0. The molecule has 1 aliphatic heterocycles. The predicted molar refractivity (Wildman–Crippen MR) is 99.1 cm³/mol. The molecular weight excluding hydrogens is 296 g/mol. The number of aromatic amines is 1. The molecule has 1 aromatic heterocycles. The standard InChI is InChI=1S/C21H24N2O/c1-12-7-14(3)19-18(10-12)17-5-6-22-20(21(17)23-19)15-8-13(2)9-16(11-15)24-4/h7-11,20,22-23H,5-6H2,1-4H3. The van der Waals surface area contributed by atoms with Crippen molar-refractivity contribution in [3.8, 4) is 5.75 Å². The number of H-pyrrole nitrogens is 1. The number of methoxy groups -OCH3 is 1. The van der Waals surface area contributed by atoms with Crippen molar-refractivity contribution in [2.75, 3.05) is 13.7 Å². The van der Waals surface area contributed by atoms with Crippen molar-refractivity contribution in [2.24, 2.45) is 0 Å². The summed E-state index contributed by atoms with van der Waals surface area (Å²) < 4.78 is 5.47. The number of hydrogen-bond acceptors (Lipinski definition) is 2. The average molecular weight is 320 g/mol. The molecule has 0 radical (unpaired) electrons. The van der Waals surface area contributed by atoms with Crippen LogP contribution in [0.1, 0.15) is 39.6 Å². The third-order valence-corrected chi connectivity index (χ3v) is 5.04. The molecule has 3 heteroatoms. The lowest BCUT2D eigenvalue weighted by Crippen LogP contribution is -2.30. The molecule has 2 N–H and O–H groups in total. The number of aromatic nitrogens is 1. The van der Waals surface area contributed by atoms with E-state index in [9.17, 15) is 0 Å². The molecule has 4 rings (SSSR count). The summed E-state index contributed by atoms with van der Waals surface area (Å²) in [7, 11) is 1.73. The quantitative estimate of drug-likeness (QED) is 0.737. The van der Waals surface area contributed by atoms with Gasteiger partial charge in [-0.05, 0) is 67.6 Å². The fourth-order valence-corrected chi connectivity index (χ4v) is 4.03. The van der Waals surface area contributed by atoms with Crippen LogP contribution in [-0.2, 0) is 6.42 Å². The fraction of sp³-hybridized carbons (Fsp3) is 0.333. The minimum Gasteiger partial charge on any atom is -0.497 e. The summed E-state index contributed by atoms with van der Waals surface area (Å²) in [5.41, 5.74) is 9.17. The monoisotopic (exact) mass is 320 g/mol. The number of nitrogens with one attached hydrogen (secondary N) is 2. The van der Waals surface area contributed by atoms with Gasteiger partial charge in [0.1, 0.15) is 5.75 Å². The second-order valence-corrected chi connectivity index (χ2v) is 6.94. The first kappa shape index (κ1) is 15.3. The van der Waals surface area contributed by atoms with Gasteiger partial charge in [0.05, 0.1) is 13.2 Å². The zero-order chi connectivity index (χ0) is 16.8. The first-order valence-corrected chi connectivity index (χ1v) is 8.57. The van der Waals surface area contributed by atoms with E-state index in [0.717, 1.165) is 18.7 Å². The Morgan fingerprint density at radius 2 is 1.79 bits per heavy atom. The van der Waals surface area contributed by atoms with Gasteiger partial charge in [-0.15, -0.1) is 0 Å². The van der Waals surface area contributed by atoms with Crippen LogP contribution < -0.4 is 10.1 Å². The molecule has 1 atom stereocenters. The lowest BCUT2D eigenvalue weighted by molar-refractivity contribution is 0.413. The Labute approximate surface area is 143 Å². The molecule has 0 saturated heterocycles. The Morgan fingerprint density at radius 3 is 2.58 bits per heavy atom. The van der Waals surface area contributed by atoms with Gasteiger partial charge in [0.25, 0.3) is 0 Å². The van der Waals surface area contributed by atoms with Crippen LogP contribution >= 0.6 is 0 Å². The Bertz CT molecular complexity index is 923. The number of fused-ring (bicyclic) bond motifs is 3. The number of rotatable bonds is 2. The summed E-state index contributed by atoms with van der Waals surface area (Å²) in [5.74, 6) is 0.919. The third-order valence-electron chi connectivity index (χ3n) is 5.04. The molecule has 3 nitrogen and oxygen atoms in total. The molecule has 0 bridgehead atoms. The number of aryl methyl sites for hydroxylation is 3. The van der Waals surface area contributed by atoms with Gasteiger partial charge in [-0.25, -0.2) is 0 Å². The van der Waals surface area contributed by atoms with Gasteiger partial charge in [0.2, 0.25) is 0 Å². The molecule has 0 amide bonds. The number of benzene rings is 2. The summed E-state index contributed by atoms with van der Waals surface area (Å²) in [6.45, 7) is 7.48. The Balaban J connectivity index is 1.90. The molecule has 2 aromatic carbocycles. The van der Waals surface area contributed by atoms with E-state index in [0.29, 0.717) is 0 Å². The molecule has 3 aromatic rings. The Morgan fingerprint density at radius 1 is 1.00 bits per heavy atom. The van der Waals surface area contributed by atoms with Gasteiger partial charge in [0.15, 0.2) is 0 Å². The summed E-state index contributed by atoms with van der Waals surface area (Å²) in [6.07, 6.45) is 1.07. The van der Waals surface area contributed by atoms with Gasteiger partial charge < -0.3 is 15.0 Å². The molecule has 1 aliphatic rings. The maximum atomic E-state index is 5.47. The minimum atomic E-state index is 0.189.